The molecule has 1 saturated heterocycles. The Morgan fingerprint density at radius 2 is 2.05 bits per heavy atom. The summed E-state index contributed by atoms with van der Waals surface area (Å²) in [5.41, 5.74) is 0.488. The topological polar surface area (TPSA) is 57.6 Å². The Morgan fingerprint density at radius 3 is 2.60 bits per heavy atom. The molecule has 4 nitrogen and oxygen atoms in total. The minimum atomic E-state index is -0.660. The maximum Gasteiger partial charge on any atom is 0.309 e. The highest BCUT2D eigenvalue weighted by atomic mass is 16.4. The van der Waals surface area contributed by atoms with E-state index in [1.165, 1.54) is 0 Å². The van der Waals surface area contributed by atoms with Gasteiger partial charge in [0.15, 0.2) is 0 Å². The van der Waals surface area contributed by atoms with Gasteiger partial charge in [0.25, 0.3) is 0 Å². The van der Waals surface area contributed by atoms with Crippen molar-refractivity contribution in [2.24, 2.45) is 11.3 Å². The second-order valence-corrected chi connectivity index (χ2v) is 5.93. The van der Waals surface area contributed by atoms with Gasteiger partial charge in [-0.2, -0.15) is 0 Å². The minimum absolute atomic E-state index is 0.186. The Morgan fingerprint density at radius 1 is 1.35 bits per heavy atom. The van der Waals surface area contributed by atoms with Gasteiger partial charge in [0, 0.05) is 6.54 Å². The number of carboxylic acids is 1. The molecule has 1 aliphatic carbocycles. The lowest BCUT2D eigenvalue weighted by atomic mass is 9.88. The van der Waals surface area contributed by atoms with Crippen LogP contribution in [0.5, 0.6) is 0 Å². The highest BCUT2D eigenvalue weighted by Gasteiger charge is 2.57. The van der Waals surface area contributed by atoms with Gasteiger partial charge in [-0.15, -0.1) is 0 Å². The van der Waals surface area contributed by atoms with Gasteiger partial charge in [0.05, 0.1) is 11.5 Å². The molecular weight excluding hydrogens is 254 g/mol. The SMILES string of the molecule is O=C[C@H](c1ccccc1)N1CC[C@@H](C2(C(=O)O)CC2)C1. The number of rotatable bonds is 5. The Balaban J connectivity index is 1.73. The molecule has 1 aromatic carbocycles. The standard InChI is InChI=1S/C16H19NO3/c18-11-14(12-4-2-1-3-5-12)17-9-6-13(10-17)16(7-8-16)15(19)20/h1-5,11,13-14H,6-10H2,(H,19,20)/t13-,14-/m1/s1. The first kappa shape index (κ1) is 13.3. The van der Waals surface area contributed by atoms with Crippen LogP contribution >= 0.6 is 0 Å². The summed E-state index contributed by atoms with van der Waals surface area (Å²) in [7, 11) is 0. The van der Waals surface area contributed by atoms with Crippen molar-refractivity contribution >= 4 is 12.3 Å². The third-order valence-corrected chi connectivity index (χ3v) is 4.88. The molecule has 0 unspecified atom stereocenters. The summed E-state index contributed by atoms with van der Waals surface area (Å²) in [4.78, 5) is 25.0. The largest absolute Gasteiger partial charge is 0.481 e. The molecule has 4 heteroatoms. The predicted octanol–water partition coefficient (Wildman–Crippen LogP) is 2.11. The average molecular weight is 273 g/mol. The molecule has 2 aliphatic rings. The Bertz CT molecular complexity index is 510. The highest BCUT2D eigenvalue weighted by Crippen LogP contribution is 2.55. The predicted molar refractivity (Wildman–Crippen MR) is 74.2 cm³/mol. The number of aliphatic carboxylic acids is 1. The van der Waals surface area contributed by atoms with Crippen LogP contribution in [0.2, 0.25) is 0 Å². The summed E-state index contributed by atoms with van der Waals surface area (Å²) >= 11 is 0. The molecule has 2 fully saturated rings. The molecule has 3 rings (SSSR count). The number of aldehydes is 1. The van der Waals surface area contributed by atoms with Crippen molar-refractivity contribution in [1.82, 2.24) is 4.90 Å². The zero-order valence-electron chi connectivity index (χ0n) is 11.4. The van der Waals surface area contributed by atoms with Gasteiger partial charge in [-0.05, 0) is 37.3 Å². The number of carbonyl (C=O) groups is 2. The zero-order valence-corrected chi connectivity index (χ0v) is 11.4. The van der Waals surface area contributed by atoms with E-state index in [-0.39, 0.29) is 12.0 Å². The summed E-state index contributed by atoms with van der Waals surface area (Å²) in [5, 5.41) is 9.38. The first-order valence-electron chi connectivity index (χ1n) is 7.15. The molecule has 0 aromatic heterocycles. The van der Waals surface area contributed by atoms with Gasteiger partial charge in [-0.25, -0.2) is 0 Å². The first-order chi connectivity index (χ1) is 9.67. The summed E-state index contributed by atoms with van der Waals surface area (Å²) < 4.78 is 0. The van der Waals surface area contributed by atoms with Crippen molar-refractivity contribution in [3.05, 3.63) is 35.9 Å². The Kier molecular flexibility index (Phi) is 3.34. The molecule has 0 spiro atoms. The van der Waals surface area contributed by atoms with Gasteiger partial charge < -0.3 is 9.90 Å². The van der Waals surface area contributed by atoms with Gasteiger partial charge in [-0.1, -0.05) is 30.3 Å². The molecule has 1 N–H and O–H groups in total. The monoisotopic (exact) mass is 273 g/mol. The van der Waals surface area contributed by atoms with E-state index in [0.717, 1.165) is 37.7 Å². The normalized spacial score (nSPS) is 26.1. The van der Waals surface area contributed by atoms with Crippen molar-refractivity contribution in [2.75, 3.05) is 13.1 Å². The Labute approximate surface area is 118 Å². The number of hydrogen-bond donors (Lipinski definition) is 1. The van der Waals surface area contributed by atoms with Crippen LogP contribution in [-0.4, -0.2) is 35.4 Å². The van der Waals surface area contributed by atoms with Crippen molar-refractivity contribution in [3.63, 3.8) is 0 Å². The van der Waals surface area contributed by atoms with Gasteiger partial charge in [0.1, 0.15) is 6.29 Å². The summed E-state index contributed by atoms with van der Waals surface area (Å²) in [5.74, 6) is -0.474. The molecule has 20 heavy (non-hydrogen) atoms. The molecule has 2 atom stereocenters. The van der Waals surface area contributed by atoms with E-state index in [1.807, 2.05) is 30.3 Å². The first-order valence-corrected chi connectivity index (χ1v) is 7.15. The van der Waals surface area contributed by atoms with Crippen LogP contribution in [0.25, 0.3) is 0 Å². The second-order valence-electron chi connectivity index (χ2n) is 5.93. The van der Waals surface area contributed by atoms with E-state index in [4.69, 9.17) is 0 Å². The van der Waals surface area contributed by atoms with Crippen LogP contribution in [0.15, 0.2) is 30.3 Å². The fourth-order valence-electron chi connectivity index (χ4n) is 3.45. The van der Waals surface area contributed by atoms with E-state index in [9.17, 15) is 14.7 Å². The van der Waals surface area contributed by atoms with Crippen LogP contribution in [0.4, 0.5) is 0 Å². The lowest BCUT2D eigenvalue weighted by molar-refractivity contribution is -0.145. The number of nitrogens with zero attached hydrogens (tertiary/aromatic N) is 1. The maximum atomic E-state index is 11.4. The summed E-state index contributed by atoms with van der Waals surface area (Å²) in [6.07, 6.45) is 3.43. The molecule has 106 valence electrons. The lowest BCUT2D eigenvalue weighted by Gasteiger charge is -2.25. The Hall–Kier alpha value is -1.68. The van der Waals surface area contributed by atoms with E-state index in [1.54, 1.807) is 0 Å². The molecule has 0 amide bonds. The highest BCUT2D eigenvalue weighted by molar-refractivity contribution is 5.78. The van der Waals surface area contributed by atoms with Crippen LogP contribution in [-0.2, 0) is 9.59 Å². The number of hydrogen-bond acceptors (Lipinski definition) is 3. The van der Waals surface area contributed by atoms with E-state index in [0.29, 0.717) is 6.54 Å². The number of carboxylic acid groups (broad SMARTS) is 1. The quantitative estimate of drug-likeness (QED) is 0.835. The van der Waals surface area contributed by atoms with Gasteiger partial charge >= 0.3 is 5.97 Å². The van der Waals surface area contributed by atoms with Gasteiger partial charge in [-0.3, -0.25) is 9.69 Å². The van der Waals surface area contributed by atoms with Crippen molar-refractivity contribution in [2.45, 2.75) is 25.3 Å². The van der Waals surface area contributed by atoms with Crippen molar-refractivity contribution < 1.29 is 14.7 Å². The van der Waals surface area contributed by atoms with Crippen LogP contribution in [0.1, 0.15) is 30.9 Å². The molecule has 1 aromatic rings. The van der Waals surface area contributed by atoms with Crippen molar-refractivity contribution in [1.29, 1.82) is 0 Å². The molecule has 1 heterocycles. The van der Waals surface area contributed by atoms with Gasteiger partial charge in [0.2, 0.25) is 0 Å². The third-order valence-electron chi connectivity index (χ3n) is 4.88. The second kappa shape index (κ2) is 5.02. The third kappa shape index (κ3) is 2.14. The summed E-state index contributed by atoms with van der Waals surface area (Å²) in [6.45, 7) is 1.52. The maximum absolute atomic E-state index is 11.4. The van der Waals surface area contributed by atoms with E-state index < -0.39 is 11.4 Å². The smallest absolute Gasteiger partial charge is 0.309 e. The average Bonchev–Trinajstić information content (AvgIpc) is 3.15. The van der Waals surface area contributed by atoms with Crippen molar-refractivity contribution in [3.8, 4) is 0 Å². The molecule has 1 aliphatic heterocycles. The minimum Gasteiger partial charge on any atom is -0.481 e. The zero-order chi connectivity index (χ0) is 14.2. The molecule has 1 saturated carbocycles. The fraction of sp³-hybridized carbons (Fsp3) is 0.500. The number of likely N-dealkylation sites (tertiary alicyclic amines) is 1. The van der Waals surface area contributed by atoms with Crippen LogP contribution in [0.3, 0.4) is 0 Å². The van der Waals surface area contributed by atoms with Crippen LogP contribution < -0.4 is 0 Å². The van der Waals surface area contributed by atoms with E-state index >= 15 is 0 Å². The number of benzene rings is 1. The molecule has 0 radical (unpaired) electrons. The van der Waals surface area contributed by atoms with Crippen LogP contribution in [0, 0.1) is 11.3 Å². The molecule has 0 bridgehead atoms. The molecular formula is C16H19NO3. The fourth-order valence-corrected chi connectivity index (χ4v) is 3.45. The lowest BCUT2D eigenvalue weighted by Crippen LogP contribution is -2.31. The summed E-state index contributed by atoms with van der Waals surface area (Å²) in [6, 6.07) is 9.46. The number of carbonyl (C=O) groups excluding carboxylic acids is 1. The van der Waals surface area contributed by atoms with E-state index in [2.05, 4.69) is 4.90 Å².